The third kappa shape index (κ3) is 3.19. The van der Waals surface area contributed by atoms with Crippen LogP contribution >= 0.6 is 11.3 Å². The maximum atomic E-state index is 10.1. The van der Waals surface area contributed by atoms with E-state index in [1.807, 2.05) is 12.5 Å². The molecule has 3 aromatic rings. The Hall–Kier alpha value is -2.21. The van der Waals surface area contributed by atoms with Gasteiger partial charge in [0.05, 0.1) is 17.4 Å². The van der Waals surface area contributed by atoms with E-state index in [0.717, 1.165) is 29.9 Å². The number of aryl methyl sites for hydroxylation is 1. The standard InChI is InChI=1S/C14H13N3S.C4H7NO/c1-9-7-15-14(18-9)10-2-5-13-12(6-10)16-8-17(13)11-3-4-11;6-4-2-1-3-5-4/h2,5-8,11H,3-4H2,1H3;1-3H2,(H,5,6). The molecule has 5 nitrogen and oxygen atoms in total. The molecule has 0 spiro atoms. The third-order valence-electron chi connectivity index (χ3n) is 4.29. The van der Waals surface area contributed by atoms with Crippen LogP contribution in [0.4, 0.5) is 0 Å². The van der Waals surface area contributed by atoms with Crippen molar-refractivity contribution >= 4 is 28.3 Å². The summed E-state index contributed by atoms with van der Waals surface area (Å²) in [6.45, 7) is 2.97. The van der Waals surface area contributed by atoms with Gasteiger partial charge in [0, 0.05) is 35.6 Å². The van der Waals surface area contributed by atoms with Crippen molar-refractivity contribution in [2.24, 2.45) is 0 Å². The molecule has 1 aliphatic heterocycles. The molecule has 3 heterocycles. The third-order valence-corrected chi connectivity index (χ3v) is 5.25. The first-order chi connectivity index (χ1) is 11.7. The van der Waals surface area contributed by atoms with Crippen molar-refractivity contribution < 1.29 is 4.79 Å². The number of hydrogen-bond donors (Lipinski definition) is 1. The SMILES string of the molecule is Cc1cnc(-c2ccc3c(c2)ncn3C2CC2)s1.O=C1CCCN1. The van der Waals surface area contributed by atoms with Crippen LogP contribution in [0.25, 0.3) is 21.6 Å². The molecule has 1 N–H and O–H groups in total. The summed E-state index contributed by atoms with van der Waals surface area (Å²) in [7, 11) is 0. The molecule has 124 valence electrons. The Bertz CT molecular complexity index is 870. The van der Waals surface area contributed by atoms with Crippen LogP contribution in [-0.4, -0.2) is 27.0 Å². The Labute approximate surface area is 144 Å². The zero-order valence-corrected chi connectivity index (χ0v) is 14.5. The fourth-order valence-electron chi connectivity index (χ4n) is 2.86. The van der Waals surface area contributed by atoms with E-state index in [2.05, 4.69) is 45.0 Å². The summed E-state index contributed by atoms with van der Waals surface area (Å²) >= 11 is 1.73. The Kier molecular flexibility index (Phi) is 4.06. The van der Waals surface area contributed by atoms with Crippen LogP contribution < -0.4 is 5.32 Å². The minimum Gasteiger partial charge on any atom is -0.356 e. The molecular weight excluding hydrogens is 320 g/mol. The zero-order chi connectivity index (χ0) is 16.5. The highest BCUT2D eigenvalue weighted by Crippen LogP contribution is 2.37. The van der Waals surface area contributed by atoms with Crippen molar-refractivity contribution in [3.05, 3.63) is 35.6 Å². The van der Waals surface area contributed by atoms with E-state index in [9.17, 15) is 4.79 Å². The number of rotatable bonds is 2. The largest absolute Gasteiger partial charge is 0.356 e. The predicted octanol–water partition coefficient (Wildman–Crippen LogP) is 3.70. The van der Waals surface area contributed by atoms with E-state index in [4.69, 9.17) is 0 Å². The minimum absolute atomic E-state index is 0.204. The van der Waals surface area contributed by atoms with Gasteiger partial charge < -0.3 is 9.88 Å². The topological polar surface area (TPSA) is 59.8 Å². The number of amides is 1. The summed E-state index contributed by atoms with van der Waals surface area (Å²) in [6.07, 6.45) is 8.24. The van der Waals surface area contributed by atoms with Crippen molar-refractivity contribution in [2.45, 2.75) is 38.6 Å². The van der Waals surface area contributed by atoms with Gasteiger partial charge in [0.15, 0.2) is 0 Å². The van der Waals surface area contributed by atoms with Gasteiger partial charge in [-0.15, -0.1) is 11.3 Å². The average molecular weight is 340 g/mol. The van der Waals surface area contributed by atoms with E-state index in [1.54, 1.807) is 11.3 Å². The lowest BCUT2D eigenvalue weighted by atomic mass is 10.2. The highest BCUT2D eigenvalue weighted by Gasteiger charge is 2.24. The quantitative estimate of drug-likeness (QED) is 0.774. The van der Waals surface area contributed by atoms with Crippen molar-refractivity contribution in [1.29, 1.82) is 0 Å². The van der Waals surface area contributed by atoms with Gasteiger partial charge in [-0.05, 0) is 44.4 Å². The van der Waals surface area contributed by atoms with Gasteiger partial charge in [0.2, 0.25) is 5.91 Å². The molecule has 0 atom stereocenters. The summed E-state index contributed by atoms with van der Waals surface area (Å²) in [5.41, 5.74) is 3.49. The van der Waals surface area contributed by atoms with Crippen molar-refractivity contribution in [2.75, 3.05) is 6.54 Å². The van der Waals surface area contributed by atoms with Crippen molar-refractivity contribution in [3.8, 4) is 10.6 Å². The highest BCUT2D eigenvalue weighted by atomic mass is 32.1. The second-order valence-corrected chi connectivity index (χ2v) is 7.55. The second kappa shape index (κ2) is 6.36. The van der Waals surface area contributed by atoms with Crippen LogP contribution in [0.5, 0.6) is 0 Å². The first-order valence-corrected chi connectivity index (χ1v) is 9.18. The first kappa shape index (κ1) is 15.3. The lowest BCUT2D eigenvalue weighted by molar-refractivity contribution is -0.119. The maximum Gasteiger partial charge on any atom is 0.220 e. The van der Waals surface area contributed by atoms with Crippen molar-refractivity contribution in [1.82, 2.24) is 19.9 Å². The molecule has 5 rings (SSSR count). The molecule has 0 radical (unpaired) electrons. The molecule has 1 aromatic carbocycles. The number of benzene rings is 1. The number of thiazole rings is 1. The second-order valence-electron chi connectivity index (χ2n) is 6.32. The summed E-state index contributed by atoms with van der Waals surface area (Å²) < 4.78 is 2.30. The maximum absolute atomic E-state index is 10.1. The number of carbonyl (C=O) groups excluding carboxylic acids is 1. The number of aromatic nitrogens is 3. The first-order valence-electron chi connectivity index (χ1n) is 8.37. The molecule has 0 unspecified atom stereocenters. The van der Waals surface area contributed by atoms with Crippen LogP contribution in [0.1, 0.15) is 36.6 Å². The highest BCUT2D eigenvalue weighted by molar-refractivity contribution is 7.14. The molecule has 2 aliphatic rings. The van der Waals surface area contributed by atoms with E-state index >= 15 is 0 Å². The molecule has 24 heavy (non-hydrogen) atoms. The molecule has 1 aliphatic carbocycles. The monoisotopic (exact) mass is 340 g/mol. The average Bonchev–Trinajstić information content (AvgIpc) is 2.98. The lowest BCUT2D eigenvalue weighted by Gasteiger charge is -2.01. The van der Waals surface area contributed by atoms with Crippen LogP contribution in [0.3, 0.4) is 0 Å². The molecule has 2 fully saturated rings. The Morgan fingerprint density at radius 3 is 2.75 bits per heavy atom. The van der Waals surface area contributed by atoms with E-state index < -0.39 is 0 Å². The number of carbonyl (C=O) groups is 1. The van der Waals surface area contributed by atoms with E-state index in [1.165, 1.54) is 28.8 Å². The molecule has 1 saturated heterocycles. The summed E-state index contributed by atoms with van der Waals surface area (Å²) in [5, 5.41) is 3.76. The van der Waals surface area contributed by atoms with Crippen LogP contribution in [0, 0.1) is 6.92 Å². The van der Waals surface area contributed by atoms with Crippen molar-refractivity contribution in [3.63, 3.8) is 0 Å². The normalized spacial score (nSPS) is 16.8. The van der Waals surface area contributed by atoms with Crippen LogP contribution in [0.15, 0.2) is 30.7 Å². The summed E-state index contributed by atoms with van der Waals surface area (Å²) in [4.78, 5) is 20.3. The fourth-order valence-corrected chi connectivity index (χ4v) is 3.62. The Balaban J connectivity index is 0.000000207. The van der Waals surface area contributed by atoms with Gasteiger partial charge in [-0.25, -0.2) is 9.97 Å². The number of hydrogen-bond acceptors (Lipinski definition) is 4. The molecule has 6 heteroatoms. The Morgan fingerprint density at radius 1 is 1.29 bits per heavy atom. The predicted molar refractivity (Wildman–Crippen MR) is 96.1 cm³/mol. The summed E-state index contributed by atoms with van der Waals surface area (Å²) in [5.74, 6) is 0.204. The lowest BCUT2D eigenvalue weighted by Crippen LogP contribution is -2.12. The Morgan fingerprint density at radius 2 is 2.17 bits per heavy atom. The number of imidazole rings is 1. The van der Waals surface area contributed by atoms with Gasteiger partial charge in [0.1, 0.15) is 5.01 Å². The fraction of sp³-hybridized carbons (Fsp3) is 0.389. The van der Waals surface area contributed by atoms with Crippen LogP contribution in [-0.2, 0) is 4.79 Å². The number of nitrogens with one attached hydrogen (secondary N) is 1. The molecule has 1 amide bonds. The molecule has 0 bridgehead atoms. The zero-order valence-electron chi connectivity index (χ0n) is 13.7. The van der Waals surface area contributed by atoms with Crippen LogP contribution in [0.2, 0.25) is 0 Å². The summed E-state index contributed by atoms with van der Waals surface area (Å²) in [6, 6.07) is 7.16. The number of nitrogens with zero attached hydrogens (tertiary/aromatic N) is 3. The van der Waals surface area contributed by atoms with E-state index in [-0.39, 0.29) is 5.91 Å². The smallest absolute Gasteiger partial charge is 0.220 e. The van der Waals surface area contributed by atoms with Gasteiger partial charge in [-0.1, -0.05) is 0 Å². The molecular formula is C18H20N4OS. The molecule has 2 aromatic heterocycles. The minimum atomic E-state index is 0.204. The van der Waals surface area contributed by atoms with E-state index in [0.29, 0.717) is 6.04 Å². The number of fused-ring (bicyclic) bond motifs is 1. The van der Waals surface area contributed by atoms with Gasteiger partial charge >= 0.3 is 0 Å². The van der Waals surface area contributed by atoms with Gasteiger partial charge in [0.25, 0.3) is 0 Å². The van der Waals surface area contributed by atoms with Gasteiger partial charge in [-0.3, -0.25) is 4.79 Å². The molecule has 1 saturated carbocycles. The van der Waals surface area contributed by atoms with Gasteiger partial charge in [-0.2, -0.15) is 0 Å².